The quantitative estimate of drug-likeness (QED) is 0.589. The topological polar surface area (TPSA) is 66.5 Å². The van der Waals surface area contributed by atoms with Crippen LogP contribution in [0.25, 0.3) is 10.6 Å². The number of amides is 2. The van der Waals surface area contributed by atoms with Crippen molar-refractivity contribution in [3.8, 4) is 10.6 Å². The van der Waals surface area contributed by atoms with Crippen LogP contribution in [0.2, 0.25) is 0 Å². The molecule has 31 heavy (non-hydrogen) atoms. The molecule has 2 amide bonds. The molecule has 0 unspecified atom stereocenters. The van der Waals surface area contributed by atoms with Crippen molar-refractivity contribution in [3.63, 3.8) is 0 Å². The third kappa shape index (κ3) is 5.91. The van der Waals surface area contributed by atoms with Crippen LogP contribution in [0.3, 0.4) is 0 Å². The first-order valence-corrected chi connectivity index (χ1v) is 11.4. The maximum Gasteiger partial charge on any atom is 0.315 e. The Morgan fingerprint density at radius 2 is 1.68 bits per heavy atom. The third-order valence-corrected chi connectivity index (χ3v) is 6.58. The predicted octanol–water partition coefficient (Wildman–Crippen LogP) is 3.95. The molecule has 7 heteroatoms. The molecular weight excluding hydrogens is 408 g/mol. The van der Waals surface area contributed by atoms with Gasteiger partial charge in [0.05, 0.1) is 25.5 Å². The number of morpholine rings is 1. The minimum atomic E-state index is -0.171. The van der Waals surface area contributed by atoms with E-state index in [-0.39, 0.29) is 6.03 Å². The lowest BCUT2D eigenvalue weighted by Crippen LogP contribution is -2.37. The molecule has 4 rings (SSSR count). The predicted molar refractivity (Wildman–Crippen MR) is 124 cm³/mol. The Hall–Kier alpha value is -2.74. The van der Waals surface area contributed by atoms with Gasteiger partial charge in [-0.1, -0.05) is 54.6 Å². The van der Waals surface area contributed by atoms with Gasteiger partial charge in [-0.05, 0) is 18.1 Å². The number of nitrogens with zero attached hydrogens (tertiary/aromatic N) is 2. The molecular formula is C24H28N4O2S. The van der Waals surface area contributed by atoms with Crippen LogP contribution in [-0.4, -0.2) is 42.2 Å². The maximum absolute atomic E-state index is 12.4. The van der Waals surface area contributed by atoms with E-state index in [1.54, 1.807) is 11.3 Å². The van der Waals surface area contributed by atoms with E-state index >= 15 is 0 Å². The molecule has 1 saturated heterocycles. The van der Waals surface area contributed by atoms with Gasteiger partial charge >= 0.3 is 6.03 Å². The van der Waals surface area contributed by atoms with E-state index < -0.39 is 0 Å². The minimum absolute atomic E-state index is 0.171. The summed E-state index contributed by atoms with van der Waals surface area (Å²) in [4.78, 5) is 20.5. The lowest BCUT2D eigenvalue weighted by molar-refractivity contribution is 0.0341. The van der Waals surface area contributed by atoms with Crippen molar-refractivity contribution in [1.29, 1.82) is 0 Å². The standard InChI is InChI=1S/C24H28N4O2S/c1-18-22(31-23(27-18)19-7-3-2-4-8-19)16-26-24(29)25-15-20-9-5-6-10-21(20)17-28-11-13-30-14-12-28/h2-10H,11-17H2,1H3,(H2,25,26,29). The number of ether oxygens (including phenoxy) is 1. The highest BCUT2D eigenvalue weighted by Gasteiger charge is 2.14. The number of rotatable bonds is 7. The average molecular weight is 437 g/mol. The van der Waals surface area contributed by atoms with Crippen LogP contribution in [0, 0.1) is 6.92 Å². The van der Waals surface area contributed by atoms with Crippen molar-refractivity contribution in [1.82, 2.24) is 20.5 Å². The van der Waals surface area contributed by atoms with E-state index in [0.717, 1.165) is 59.6 Å². The molecule has 162 valence electrons. The molecule has 1 aromatic heterocycles. The number of thiazole rings is 1. The maximum atomic E-state index is 12.4. The number of aromatic nitrogens is 1. The first-order chi connectivity index (χ1) is 15.2. The van der Waals surface area contributed by atoms with Crippen LogP contribution < -0.4 is 10.6 Å². The Morgan fingerprint density at radius 1 is 1.00 bits per heavy atom. The minimum Gasteiger partial charge on any atom is -0.379 e. The Balaban J connectivity index is 1.30. The fraction of sp³-hybridized carbons (Fsp3) is 0.333. The van der Waals surface area contributed by atoms with Gasteiger partial charge in [0.15, 0.2) is 0 Å². The van der Waals surface area contributed by atoms with Crippen molar-refractivity contribution in [3.05, 3.63) is 76.3 Å². The van der Waals surface area contributed by atoms with Crippen molar-refractivity contribution >= 4 is 17.4 Å². The fourth-order valence-electron chi connectivity index (χ4n) is 3.58. The summed E-state index contributed by atoms with van der Waals surface area (Å²) in [6, 6.07) is 18.2. The van der Waals surface area contributed by atoms with Gasteiger partial charge in [-0.3, -0.25) is 4.90 Å². The summed E-state index contributed by atoms with van der Waals surface area (Å²) in [6.45, 7) is 7.30. The molecule has 6 nitrogen and oxygen atoms in total. The second-order valence-corrected chi connectivity index (χ2v) is 8.67. The van der Waals surface area contributed by atoms with Crippen molar-refractivity contribution in [2.24, 2.45) is 0 Å². The molecule has 3 aromatic rings. The number of hydrogen-bond acceptors (Lipinski definition) is 5. The summed E-state index contributed by atoms with van der Waals surface area (Å²) in [5.41, 5.74) is 4.45. The fourth-order valence-corrected chi connectivity index (χ4v) is 4.59. The molecule has 0 saturated carbocycles. The zero-order valence-corrected chi connectivity index (χ0v) is 18.6. The summed E-state index contributed by atoms with van der Waals surface area (Å²) >= 11 is 1.62. The number of carbonyl (C=O) groups excluding carboxylic acids is 1. The largest absolute Gasteiger partial charge is 0.379 e. The van der Waals surface area contributed by atoms with Gasteiger partial charge in [-0.2, -0.15) is 0 Å². The molecule has 2 aromatic carbocycles. The van der Waals surface area contributed by atoms with E-state index in [1.807, 2.05) is 31.2 Å². The highest BCUT2D eigenvalue weighted by atomic mass is 32.1. The highest BCUT2D eigenvalue weighted by Crippen LogP contribution is 2.27. The first kappa shape index (κ1) is 21.5. The SMILES string of the molecule is Cc1nc(-c2ccccc2)sc1CNC(=O)NCc1ccccc1CN1CCOCC1. The van der Waals surface area contributed by atoms with Crippen molar-refractivity contribution < 1.29 is 9.53 Å². The molecule has 1 aliphatic rings. The first-order valence-electron chi connectivity index (χ1n) is 10.6. The molecule has 0 spiro atoms. The molecule has 0 aliphatic carbocycles. The van der Waals surface area contributed by atoms with Crippen LogP contribution >= 0.6 is 11.3 Å². The summed E-state index contributed by atoms with van der Waals surface area (Å²) in [5.74, 6) is 0. The number of nitrogens with one attached hydrogen (secondary N) is 2. The van der Waals surface area contributed by atoms with Gasteiger partial charge in [-0.25, -0.2) is 9.78 Å². The summed E-state index contributed by atoms with van der Waals surface area (Å²) < 4.78 is 5.43. The molecule has 2 heterocycles. The Bertz CT molecular complexity index is 1000. The molecule has 0 atom stereocenters. The number of benzene rings is 2. The van der Waals surface area contributed by atoms with Gasteiger partial charge in [0.25, 0.3) is 0 Å². The smallest absolute Gasteiger partial charge is 0.315 e. The van der Waals surface area contributed by atoms with Crippen LogP contribution in [0.1, 0.15) is 21.7 Å². The van der Waals surface area contributed by atoms with Gasteiger partial charge in [0, 0.05) is 36.6 Å². The third-order valence-electron chi connectivity index (χ3n) is 5.38. The lowest BCUT2D eigenvalue weighted by Gasteiger charge is -2.27. The van der Waals surface area contributed by atoms with Gasteiger partial charge in [-0.15, -0.1) is 11.3 Å². The van der Waals surface area contributed by atoms with Crippen LogP contribution in [0.4, 0.5) is 4.79 Å². The van der Waals surface area contributed by atoms with Crippen LogP contribution in [-0.2, 0) is 24.4 Å². The van der Waals surface area contributed by atoms with Gasteiger partial charge in [0.1, 0.15) is 5.01 Å². The normalized spacial score (nSPS) is 14.4. The monoisotopic (exact) mass is 436 g/mol. The lowest BCUT2D eigenvalue weighted by atomic mass is 10.1. The summed E-state index contributed by atoms with van der Waals surface area (Å²) in [5, 5.41) is 6.94. The Morgan fingerprint density at radius 3 is 2.45 bits per heavy atom. The molecule has 2 N–H and O–H groups in total. The summed E-state index contributed by atoms with van der Waals surface area (Å²) in [7, 11) is 0. The molecule has 1 aliphatic heterocycles. The average Bonchev–Trinajstić information content (AvgIpc) is 3.19. The number of hydrogen-bond donors (Lipinski definition) is 2. The zero-order valence-electron chi connectivity index (χ0n) is 17.8. The molecule has 0 radical (unpaired) electrons. The second-order valence-electron chi connectivity index (χ2n) is 7.59. The molecule has 1 fully saturated rings. The van der Waals surface area contributed by atoms with E-state index in [2.05, 4.69) is 50.8 Å². The van der Waals surface area contributed by atoms with E-state index in [0.29, 0.717) is 13.1 Å². The van der Waals surface area contributed by atoms with E-state index in [9.17, 15) is 4.79 Å². The van der Waals surface area contributed by atoms with E-state index in [4.69, 9.17) is 4.74 Å². The Labute approximate surface area is 187 Å². The second kappa shape index (κ2) is 10.5. The number of carbonyl (C=O) groups is 1. The van der Waals surface area contributed by atoms with Crippen LogP contribution in [0.15, 0.2) is 54.6 Å². The Kier molecular flexibility index (Phi) is 7.30. The van der Waals surface area contributed by atoms with Crippen molar-refractivity contribution in [2.75, 3.05) is 26.3 Å². The number of urea groups is 1. The van der Waals surface area contributed by atoms with Crippen molar-refractivity contribution in [2.45, 2.75) is 26.6 Å². The molecule has 0 bridgehead atoms. The number of aryl methyl sites for hydroxylation is 1. The summed E-state index contributed by atoms with van der Waals surface area (Å²) in [6.07, 6.45) is 0. The zero-order chi connectivity index (χ0) is 21.5. The highest BCUT2D eigenvalue weighted by molar-refractivity contribution is 7.15. The van der Waals surface area contributed by atoms with Gasteiger partial charge in [0.2, 0.25) is 0 Å². The van der Waals surface area contributed by atoms with Gasteiger partial charge < -0.3 is 15.4 Å². The van der Waals surface area contributed by atoms with Crippen LogP contribution in [0.5, 0.6) is 0 Å². The van der Waals surface area contributed by atoms with E-state index in [1.165, 1.54) is 5.56 Å².